The topological polar surface area (TPSA) is 93.9 Å². The zero-order chi connectivity index (χ0) is 22.8. The van der Waals surface area contributed by atoms with E-state index >= 15 is 0 Å². The van der Waals surface area contributed by atoms with E-state index in [-0.39, 0.29) is 12.6 Å². The first-order chi connectivity index (χ1) is 15.6. The number of urea groups is 1. The molecule has 0 saturated heterocycles. The number of carbonyl (C=O) groups excluding carboxylic acids is 2. The molecule has 7 heteroatoms. The van der Waals surface area contributed by atoms with E-state index in [1.165, 1.54) is 0 Å². The second-order valence-electron chi connectivity index (χ2n) is 7.04. The minimum Gasteiger partial charge on any atom is -0.492 e. The predicted molar refractivity (Wildman–Crippen MR) is 123 cm³/mol. The molecule has 0 saturated carbocycles. The maximum atomic E-state index is 12.2. The highest BCUT2D eigenvalue weighted by Crippen LogP contribution is 2.24. The maximum Gasteiger partial charge on any atom is 0.325 e. The zero-order valence-electron chi connectivity index (χ0n) is 18.0. The molecule has 0 aromatic heterocycles. The Morgan fingerprint density at radius 1 is 0.875 bits per heavy atom. The molecular formula is C25H27N3O4. The predicted octanol–water partition coefficient (Wildman–Crippen LogP) is 3.44. The van der Waals surface area contributed by atoms with Crippen LogP contribution in [0.5, 0.6) is 11.5 Å². The number of ether oxygens (including phenoxy) is 2. The van der Waals surface area contributed by atoms with Crippen LogP contribution in [0.2, 0.25) is 0 Å². The molecule has 0 heterocycles. The van der Waals surface area contributed by atoms with Crippen molar-refractivity contribution in [2.24, 2.45) is 5.73 Å². The van der Waals surface area contributed by atoms with E-state index in [0.717, 1.165) is 22.4 Å². The quantitative estimate of drug-likeness (QED) is 0.398. The minimum absolute atomic E-state index is 0.145. The van der Waals surface area contributed by atoms with Crippen molar-refractivity contribution < 1.29 is 19.1 Å². The van der Waals surface area contributed by atoms with Gasteiger partial charge in [-0.05, 0) is 41.0 Å². The fourth-order valence-electron chi connectivity index (χ4n) is 3.12. The van der Waals surface area contributed by atoms with Gasteiger partial charge in [-0.25, -0.2) is 4.79 Å². The summed E-state index contributed by atoms with van der Waals surface area (Å²) in [6.45, 7) is 1.19. The van der Waals surface area contributed by atoms with Crippen molar-refractivity contribution in [1.82, 2.24) is 10.2 Å². The van der Waals surface area contributed by atoms with Crippen LogP contribution in [0.15, 0.2) is 78.9 Å². The molecule has 7 nitrogen and oxygen atoms in total. The number of nitrogens with one attached hydrogen (secondary N) is 1. The van der Waals surface area contributed by atoms with Crippen LogP contribution < -0.4 is 20.5 Å². The number of hydrogen-bond acceptors (Lipinski definition) is 5. The Bertz CT molecular complexity index is 1010. The number of benzene rings is 3. The molecule has 0 unspecified atom stereocenters. The van der Waals surface area contributed by atoms with Crippen LogP contribution in [0.3, 0.4) is 0 Å². The average molecular weight is 434 g/mol. The summed E-state index contributed by atoms with van der Waals surface area (Å²) in [5.74, 6) is 0.706. The molecule has 0 aliphatic rings. The zero-order valence-corrected chi connectivity index (χ0v) is 18.0. The molecule has 0 fully saturated rings. The van der Waals surface area contributed by atoms with E-state index in [1.807, 2.05) is 66.7 Å². The minimum atomic E-state index is -0.474. The van der Waals surface area contributed by atoms with Crippen molar-refractivity contribution in [2.75, 3.05) is 26.7 Å². The summed E-state index contributed by atoms with van der Waals surface area (Å²) >= 11 is 0. The Morgan fingerprint density at radius 3 is 2.03 bits per heavy atom. The lowest BCUT2D eigenvalue weighted by Gasteiger charge is -2.22. The van der Waals surface area contributed by atoms with Gasteiger partial charge in [0.1, 0.15) is 18.1 Å². The smallest absolute Gasteiger partial charge is 0.325 e. The Kier molecular flexibility index (Phi) is 8.22. The lowest BCUT2D eigenvalue weighted by molar-refractivity contribution is -0.132. The van der Waals surface area contributed by atoms with Gasteiger partial charge < -0.3 is 25.4 Å². The van der Waals surface area contributed by atoms with Gasteiger partial charge in [-0.2, -0.15) is 0 Å². The molecule has 32 heavy (non-hydrogen) atoms. The monoisotopic (exact) mass is 433 g/mol. The highest BCUT2D eigenvalue weighted by Gasteiger charge is 2.12. The van der Waals surface area contributed by atoms with Gasteiger partial charge in [0.2, 0.25) is 0 Å². The lowest BCUT2D eigenvalue weighted by Crippen LogP contribution is -2.40. The summed E-state index contributed by atoms with van der Waals surface area (Å²) in [6, 6.07) is 24.6. The summed E-state index contributed by atoms with van der Waals surface area (Å²) < 4.78 is 10.9. The molecule has 3 rings (SSSR count). The molecule has 0 bridgehead atoms. The molecule has 2 amide bonds. The third-order valence-corrected chi connectivity index (χ3v) is 4.79. The van der Waals surface area contributed by atoms with E-state index in [4.69, 9.17) is 15.2 Å². The fraction of sp³-hybridized carbons (Fsp3) is 0.200. The van der Waals surface area contributed by atoms with Gasteiger partial charge in [-0.1, -0.05) is 54.6 Å². The number of carbonyl (C=O) groups is 2. The Labute approximate surface area is 187 Å². The highest BCUT2D eigenvalue weighted by molar-refractivity contribution is 5.75. The van der Waals surface area contributed by atoms with Crippen LogP contribution in [0, 0.1) is 0 Å². The molecule has 3 aromatic carbocycles. The van der Waals surface area contributed by atoms with Crippen molar-refractivity contribution >= 4 is 12.0 Å². The van der Waals surface area contributed by atoms with Crippen LogP contribution in [-0.4, -0.2) is 43.6 Å². The second kappa shape index (κ2) is 11.5. The summed E-state index contributed by atoms with van der Waals surface area (Å²) in [7, 11) is 1.62. The average Bonchev–Trinajstić information content (AvgIpc) is 2.84. The Balaban J connectivity index is 1.54. The van der Waals surface area contributed by atoms with E-state index < -0.39 is 5.97 Å². The maximum absolute atomic E-state index is 12.2. The second-order valence-corrected chi connectivity index (χ2v) is 7.04. The first-order valence-electron chi connectivity index (χ1n) is 10.3. The largest absolute Gasteiger partial charge is 0.492 e. The van der Waals surface area contributed by atoms with Gasteiger partial charge in [0.15, 0.2) is 0 Å². The molecule has 0 atom stereocenters. The standard InChI is InChI=1S/C25H27N3O4/c1-27-25(30)28(18-19-5-3-2-4-6-19)15-16-31-22-11-7-20(8-12-22)21-9-13-23(14-10-21)32-24(29)17-26/h2-14H,15-18,26H2,1H3,(H,27,30). The van der Waals surface area contributed by atoms with E-state index in [9.17, 15) is 9.59 Å². The number of hydrogen-bond donors (Lipinski definition) is 2. The van der Waals surface area contributed by atoms with Gasteiger partial charge in [-0.3, -0.25) is 4.79 Å². The van der Waals surface area contributed by atoms with Crippen molar-refractivity contribution in [3.05, 3.63) is 84.4 Å². The Morgan fingerprint density at radius 2 is 1.47 bits per heavy atom. The van der Waals surface area contributed by atoms with Crippen molar-refractivity contribution in [3.63, 3.8) is 0 Å². The van der Waals surface area contributed by atoms with E-state index in [0.29, 0.717) is 25.4 Å². The van der Waals surface area contributed by atoms with Crippen LogP contribution in [0.1, 0.15) is 5.56 Å². The summed E-state index contributed by atoms with van der Waals surface area (Å²) in [6.07, 6.45) is 0. The third kappa shape index (κ3) is 6.58. The molecule has 3 aromatic rings. The summed E-state index contributed by atoms with van der Waals surface area (Å²) in [5.41, 5.74) is 8.30. The SMILES string of the molecule is CNC(=O)N(CCOc1ccc(-c2ccc(OC(=O)CN)cc2)cc1)Cc1ccccc1. The number of nitrogens with zero attached hydrogens (tertiary/aromatic N) is 1. The summed E-state index contributed by atoms with van der Waals surface area (Å²) in [5, 5.41) is 2.67. The molecule has 0 aliphatic carbocycles. The van der Waals surface area contributed by atoms with Crippen LogP contribution in [0.25, 0.3) is 11.1 Å². The summed E-state index contributed by atoms with van der Waals surface area (Å²) in [4.78, 5) is 25.2. The molecule has 3 N–H and O–H groups in total. The van der Waals surface area contributed by atoms with Gasteiger partial charge >= 0.3 is 12.0 Å². The number of nitrogens with two attached hydrogens (primary N) is 1. The van der Waals surface area contributed by atoms with Crippen LogP contribution in [-0.2, 0) is 11.3 Å². The van der Waals surface area contributed by atoms with Crippen LogP contribution in [0.4, 0.5) is 4.79 Å². The fourth-order valence-corrected chi connectivity index (χ4v) is 3.12. The first kappa shape index (κ1) is 22.8. The first-order valence-corrected chi connectivity index (χ1v) is 10.3. The molecule has 0 spiro atoms. The number of rotatable bonds is 9. The highest BCUT2D eigenvalue weighted by atomic mass is 16.5. The molecule has 166 valence electrons. The van der Waals surface area contributed by atoms with Crippen molar-refractivity contribution in [1.29, 1.82) is 0 Å². The van der Waals surface area contributed by atoms with Crippen molar-refractivity contribution in [2.45, 2.75) is 6.54 Å². The molecule has 0 aliphatic heterocycles. The normalized spacial score (nSPS) is 10.3. The van der Waals surface area contributed by atoms with Gasteiger partial charge in [0, 0.05) is 13.6 Å². The van der Waals surface area contributed by atoms with Gasteiger partial charge in [0.25, 0.3) is 0 Å². The Hall–Kier alpha value is -3.84. The van der Waals surface area contributed by atoms with Crippen molar-refractivity contribution in [3.8, 4) is 22.6 Å². The van der Waals surface area contributed by atoms with Gasteiger partial charge in [-0.15, -0.1) is 0 Å². The van der Waals surface area contributed by atoms with Crippen LogP contribution >= 0.6 is 0 Å². The number of amides is 2. The molecule has 0 radical (unpaired) electrons. The third-order valence-electron chi connectivity index (χ3n) is 4.79. The van der Waals surface area contributed by atoms with E-state index in [2.05, 4.69) is 5.32 Å². The lowest BCUT2D eigenvalue weighted by atomic mass is 10.1. The number of esters is 1. The van der Waals surface area contributed by atoms with E-state index in [1.54, 1.807) is 24.1 Å². The van der Waals surface area contributed by atoms with Gasteiger partial charge in [0.05, 0.1) is 13.1 Å². The molecular weight excluding hydrogens is 406 g/mol.